The first-order chi connectivity index (χ1) is 11.4. The van der Waals surface area contributed by atoms with Gasteiger partial charge in [-0.3, -0.25) is 20.2 Å². The van der Waals surface area contributed by atoms with Crippen molar-refractivity contribution < 1.29 is 23.0 Å². The zero-order valence-electron chi connectivity index (χ0n) is 11.8. The molecule has 14 heteroatoms. The first-order valence-electron chi connectivity index (χ1n) is 6.12. The van der Waals surface area contributed by atoms with Crippen molar-refractivity contribution in [3.63, 3.8) is 0 Å². The molecule has 9 nitrogen and oxygen atoms in total. The number of non-ortho nitro benzene ring substituents is 1. The van der Waals surface area contributed by atoms with E-state index >= 15 is 0 Å². The fourth-order valence-electron chi connectivity index (χ4n) is 2.03. The van der Waals surface area contributed by atoms with Crippen LogP contribution < -0.4 is 10.6 Å². The molecule has 1 heterocycles. The molecule has 0 aromatic heterocycles. The molecule has 0 unspecified atom stereocenters. The molecule has 2 rings (SSSR count). The average molecular weight is 400 g/mol. The van der Waals surface area contributed by atoms with Crippen molar-refractivity contribution in [1.29, 1.82) is 0 Å². The Morgan fingerprint density at radius 2 is 1.80 bits per heavy atom. The highest BCUT2D eigenvalue weighted by Gasteiger charge is 2.42. The van der Waals surface area contributed by atoms with Gasteiger partial charge in [-0.2, -0.15) is 13.2 Å². The Morgan fingerprint density at radius 1 is 1.20 bits per heavy atom. The molecule has 0 aliphatic carbocycles. The zero-order chi connectivity index (χ0) is 19.1. The summed E-state index contributed by atoms with van der Waals surface area (Å²) in [5, 5.41) is 21.2. The van der Waals surface area contributed by atoms with Crippen molar-refractivity contribution in [1.82, 2.24) is 0 Å². The maximum absolute atomic E-state index is 13.4. The normalized spacial score (nSPS) is 15.2. The van der Waals surface area contributed by atoms with Crippen LogP contribution in [0.25, 0.3) is 0 Å². The summed E-state index contributed by atoms with van der Waals surface area (Å²) in [6, 6.07) is 0.563. The number of rotatable bonds is 3. The summed E-state index contributed by atoms with van der Waals surface area (Å²) in [5.41, 5.74) is 0.165. The fraction of sp³-hybridized carbons (Fsp3) is 0.182. The molecule has 0 amide bonds. The highest BCUT2D eigenvalue weighted by Crippen LogP contribution is 2.46. The summed E-state index contributed by atoms with van der Waals surface area (Å²) in [6.45, 7) is -0.597. The van der Waals surface area contributed by atoms with Crippen molar-refractivity contribution in [3.05, 3.63) is 48.8 Å². The van der Waals surface area contributed by atoms with E-state index in [4.69, 9.17) is 28.9 Å². The second kappa shape index (κ2) is 6.37. The topological polar surface area (TPSA) is 128 Å². The van der Waals surface area contributed by atoms with E-state index in [1.165, 1.54) is 0 Å². The Labute approximate surface area is 146 Å². The van der Waals surface area contributed by atoms with Crippen LogP contribution in [0.15, 0.2) is 28.0 Å². The molecule has 1 aromatic rings. The van der Waals surface area contributed by atoms with E-state index < -0.39 is 56.2 Å². The van der Waals surface area contributed by atoms with Crippen LogP contribution in [0.4, 0.5) is 30.2 Å². The summed E-state index contributed by atoms with van der Waals surface area (Å²) in [7, 11) is 0. The number of allylic oxidation sites excluding steroid dienone is 1. The van der Waals surface area contributed by atoms with Crippen LogP contribution in [0.1, 0.15) is 5.56 Å². The van der Waals surface area contributed by atoms with Gasteiger partial charge in [-0.1, -0.05) is 23.2 Å². The van der Waals surface area contributed by atoms with E-state index in [9.17, 15) is 33.4 Å². The van der Waals surface area contributed by atoms with Crippen molar-refractivity contribution in [2.75, 3.05) is 11.6 Å². The lowest BCUT2D eigenvalue weighted by Gasteiger charge is -2.28. The van der Waals surface area contributed by atoms with E-state index in [0.29, 0.717) is 11.0 Å². The number of hydrogen-bond acceptors (Lipinski definition) is 7. The minimum Gasteiger partial charge on any atom is -0.394 e. The number of halogens is 5. The minimum atomic E-state index is -5.15. The van der Waals surface area contributed by atoms with Crippen LogP contribution in [0.5, 0.6) is 0 Å². The number of nitro benzene ring substituents is 2. The second-order valence-electron chi connectivity index (χ2n) is 4.60. The number of benzene rings is 1. The molecule has 0 radical (unpaired) electrons. The SMILES string of the molecule is NC1=C(Cl)N(c2c([N+](=O)[O-])cc([N+](=O)[O-])cc2C(F)(F)F)CN=C1Cl. The molecule has 1 aromatic carbocycles. The Kier molecular flexibility index (Phi) is 4.77. The van der Waals surface area contributed by atoms with Gasteiger partial charge >= 0.3 is 6.18 Å². The lowest BCUT2D eigenvalue weighted by atomic mass is 10.1. The number of aliphatic imine (C=N–C) groups is 1. The van der Waals surface area contributed by atoms with Gasteiger partial charge in [0.25, 0.3) is 11.4 Å². The molecule has 2 N–H and O–H groups in total. The van der Waals surface area contributed by atoms with E-state index in [0.717, 1.165) is 0 Å². The zero-order valence-corrected chi connectivity index (χ0v) is 13.3. The third kappa shape index (κ3) is 3.44. The Bertz CT molecular complexity index is 840. The summed E-state index contributed by atoms with van der Waals surface area (Å²) in [5.74, 6) is 0. The van der Waals surface area contributed by atoms with Crippen molar-refractivity contribution in [2.45, 2.75) is 6.18 Å². The third-order valence-corrected chi connectivity index (χ3v) is 3.82. The molecule has 0 fully saturated rings. The van der Waals surface area contributed by atoms with E-state index in [2.05, 4.69) is 4.99 Å². The molecule has 1 aliphatic heterocycles. The number of anilines is 1. The van der Waals surface area contributed by atoms with Crippen LogP contribution in [-0.4, -0.2) is 21.7 Å². The average Bonchev–Trinajstić information content (AvgIpc) is 2.50. The van der Waals surface area contributed by atoms with Gasteiger partial charge in [-0.05, 0) is 0 Å². The van der Waals surface area contributed by atoms with Gasteiger partial charge in [-0.25, -0.2) is 4.99 Å². The molecular weight excluding hydrogens is 394 g/mol. The maximum atomic E-state index is 13.4. The number of nitrogens with zero attached hydrogens (tertiary/aromatic N) is 4. The van der Waals surface area contributed by atoms with Gasteiger partial charge in [0.2, 0.25) is 0 Å². The van der Waals surface area contributed by atoms with Gasteiger partial charge < -0.3 is 10.6 Å². The summed E-state index contributed by atoms with van der Waals surface area (Å²) < 4.78 is 40.1. The summed E-state index contributed by atoms with van der Waals surface area (Å²) in [6.07, 6.45) is -5.15. The third-order valence-electron chi connectivity index (χ3n) is 3.09. The smallest absolute Gasteiger partial charge is 0.394 e. The molecule has 0 bridgehead atoms. The van der Waals surface area contributed by atoms with Gasteiger partial charge in [0, 0.05) is 6.07 Å². The van der Waals surface area contributed by atoms with E-state index in [-0.39, 0.29) is 11.2 Å². The standard InChI is InChI=1S/C11H6Cl2F3N5O4/c12-9-7(17)10(13)19(3-18-9)8-5(11(14,15)16)1-4(20(22)23)2-6(8)21(24)25/h1-2H,3,17H2. The second-order valence-corrected chi connectivity index (χ2v) is 5.31. The van der Waals surface area contributed by atoms with E-state index in [1.807, 2.05) is 0 Å². The molecule has 134 valence electrons. The monoisotopic (exact) mass is 399 g/mol. The Balaban J connectivity index is 2.84. The lowest BCUT2D eigenvalue weighted by Crippen LogP contribution is -2.32. The Morgan fingerprint density at radius 3 is 2.28 bits per heavy atom. The first-order valence-corrected chi connectivity index (χ1v) is 6.88. The first kappa shape index (κ1) is 18.7. The Hall–Kier alpha value is -2.60. The van der Waals surface area contributed by atoms with Gasteiger partial charge in [0.1, 0.15) is 23.2 Å². The van der Waals surface area contributed by atoms with Crippen LogP contribution in [-0.2, 0) is 6.18 Å². The predicted molar refractivity (Wildman–Crippen MR) is 82.5 cm³/mol. The number of nitro groups is 2. The van der Waals surface area contributed by atoms with Gasteiger partial charge in [-0.15, -0.1) is 0 Å². The number of hydrogen-bond donors (Lipinski definition) is 1. The van der Waals surface area contributed by atoms with Crippen molar-refractivity contribution in [2.24, 2.45) is 10.7 Å². The summed E-state index contributed by atoms with van der Waals surface area (Å²) in [4.78, 5) is 23.9. The van der Waals surface area contributed by atoms with Crippen molar-refractivity contribution in [3.8, 4) is 0 Å². The van der Waals surface area contributed by atoms with Gasteiger partial charge in [0.15, 0.2) is 5.17 Å². The molecule has 0 saturated carbocycles. The molecule has 0 spiro atoms. The number of nitrogens with two attached hydrogens (primary N) is 1. The van der Waals surface area contributed by atoms with Crippen LogP contribution in [0.2, 0.25) is 0 Å². The minimum absolute atomic E-state index is 0.169. The molecule has 0 atom stereocenters. The van der Waals surface area contributed by atoms with Gasteiger partial charge in [0.05, 0.1) is 21.5 Å². The summed E-state index contributed by atoms with van der Waals surface area (Å²) >= 11 is 11.5. The molecule has 25 heavy (non-hydrogen) atoms. The quantitative estimate of drug-likeness (QED) is 0.471. The maximum Gasteiger partial charge on any atom is 0.418 e. The molecule has 0 saturated heterocycles. The van der Waals surface area contributed by atoms with Crippen LogP contribution >= 0.6 is 23.2 Å². The van der Waals surface area contributed by atoms with E-state index in [1.54, 1.807) is 0 Å². The molecular formula is C11H6Cl2F3N5O4. The number of alkyl halides is 3. The highest BCUT2D eigenvalue weighted by molar-refractivity contribution is 6.70. The van der Waals surface area contributed by atoms with Crippen LogP contribution in [0, 0.1) is 20.2 Å². The fourth-order valence-corrected chi connectivity index (χ4v) is 2.45. The lowest BCUT2D eigenvalue weighted by molar-refractivity contribution is -0.394. The molecule has 1 aliphatic rings. The van der Waals surface area contributed by atoms with Crippen LogP contribution in [0.3, 0.4) is 0 Å². The predicted octanol–water partition coefficient (Wildman–Crippen LogP) is 3.30. The van der Waals surface area contributed by atoms with Crippen molar-refractivity contribution >= 4 is 45.4 Å². The highest BCUT2D eigenvalue weighted by atomic mass is 35.5. The largest absolute Gasteiger partial charge is 0.418 e.